The molecule has 0 amide bonds. The van der Waals surface area contributed by atoms with Crippen LogP contribution in [0.1, 0.15) is 12.8 Å². The van der Waals surface area contributed by atoms with E-state index in [1.165, 1.54) is 6.07 Å². The average Bonchev–Trinajstić information content (AvgIpc) is 2.78. The minimum absolute atomic E-state index is 0.0932. The third-order valence-corrected chi connectivity index (χ3v) is 2.86. The zero-order valence-electron chi connectivity index (χ0n) is 9.28. The van der Waals surface area contributed by atoms with Gasteiger partial charge >= 0.3 is 0 Å². The molecule has 2 N–H and O–H groups in total. The van der Waals surface area contributed by atoms with Crippen molar-refractivity contribution in [3.63, 3.8) is 0 Å². The normalized spacial score (nSPS) is 19.2. The summed E-state index contributed by atoms with van der Waals surface area (Å²) in [6, 6.07) is 3.74. The Morgan fingerprint density at radius 1 is 1.59 bits per heavy atom. The van der Waals surface area contributed by atoms with E-state index in [0.717, 1.165) is 31.5 Å². The number of nitro benzene ring substituents is 1. The fraction of sp³-hybridized carbons (Fsp3) is 0.455. The van der Waals surface area contributed by atoms with Crippen LogP contribution in [-0.4, -0.2) is 24.1 Å². The Labute approximate surface area is 98.2 Å². The van der Waals surface area contributed by atoms with Gasteiger partial charge < -0.3 is 10.6 Å². The van der Waals surface area contributed by atoms with E-state index in [2.05, 4.69) is 10.6 Å². The van der Waals surface area contributed by atoms with Gasteiger partial charge in [-0.1, -0.05) is 0 Å². The molecule has 1 aliphatic heterocycles. The molecule has 6 heteroatoms. The number of benzene rings is 1. The summed E-state index contributed by atoms with van der Waals surface area (Å²) < 4.78 is 13.0. The Balaban J connectivity index is 2.07. The maximum Gasteiger partial charge on any atom is 0.292 e. The first kappa shape index (κ1) is 11.8. The van der Waals surface area contributed by atoms with E-state index in [0.29, 0.717) is 12.6 Å². The van der Waals surface area contributed by atoms with Crippen LogP contribution in [0.2, 0.25) is 0 Å². The number of hydrogen-bond donors (Lipinski definition) is 2. The fourth-order valence-electron chi connectivity index (χ4n) is 1.97. The number of rotatable bonds is 4. The van der Waals surface area contributed by atoms with Crippen LogP contribution in [-0.2, 0) is 0 Å². The molecule has 0 saturated carbocycles. The number of nitrogens with zero attached hydrogens (tertiary/aromatic N) is 1. The van der Waals surface area contributed by atoms with Crippen molar-refractivity contribution < 1.29 is 9.31 Å². The molecule has 1 aromatic carbocycles. The molecular formula is C11H14FN3O2. The maximum absolute atomic E-state index is 13.0. The van der Waals surface area contributed by atoms with Gasteiger partial charge in [0.15, 0.2) is 0 Å². The van der Waals surface area contributed by atoms with E-state index in [4.69, 9.17) is 0 Å². The standard InChI is InChI=1S/C11H14FN3O2/c12-8-3-4-11(15(16)17)10(6-8)14-7-9-2-1-5-13-9/h3-4,6,9,13-14H,1-2,5,7H2. The lowest BCUT2D eigenvalue weighted by molar-refractivity contribution is -0.384. The molecule has 2 rings (SSSR count). The summed E-state index contributed by atoms with van der Waals surface area (Å²) in [5.74, 6) is -0.475. The van der Waals surface area contributed by atoms with Crippen molar-refractivity contribution in [1.82, 2.24) is 5.32 Å². The molecule has 1 unspecified atom stereocenters. The zero-order valence-corrected chi connectivity index (χ0v) is 9.28. The second kappa shape index (κ2) is 5.09. The molecule has 92 valence electrons. The van der Waals surface area contributed by atoms with Crippen molar-refractivity contribution in [2.45, 2.75) is 18.9 Å². The van der Waals surface area contributed by atoms with Gasteiger partial charge in [-0.3, -0.25) is 10.1 Å². The Bertz CT molecular complexity index is 419. The predicted molar refractivity (Wildman–Crippen MR) is 62.6 cm³/mol. The van der Waals surface area contributed by atoms with Crippen molar-refractivity contribution in [3.8, 4) is 0 Å². The summed E-state index contributed by atoms with van der Waals surface area (Å²) in [5, 5.41) is 17.0. The summed E-state index contributed by atoms with van der Waals surface area (Å²) >= 11 is 0. The molecule has 0 radical (unpaired) electrons. The number of nitrogens with one attached hydrogen (secondary N) is 2. The van der Waals surface area contributed by atoms with Crippen molar-refractivity contribution >= 4 is 11.4 Å². The molecule has 17 heavy (non-hydrogen) atoms. The van der Waals surface area contributed by atoms with Crippen LogP contribution in [0.4, 0.5) is 15.8 Å². The molecule has 5 nitrogen and oxygen atoms in total. The van der Waals surface area contributed by atoms with E-state index < -0.39 is 10.7 Å². The van der Waals surface area contributed by atoms with Crippen molar-refractivity contribution in [1.29, 1.82) is 0 Å². The first-order valence-electron chi connectivity index (χ1n) is 5.58. The van der Waals surface area contributed by atoms with Crippen LogP contribution < -0.4 is 10.6 Å². The Morgan fingerprint density at radius 2 is 2.41 bits per heavy atom. The number of nitro groups is 1. The number of halogens is 1. The first-order chi connectivity index (χ1) is 8.16. The van der Waals surface area contributed by atoms with Crippen molar-refractivity contribution in [3.05, 3.63) is 34.1 Å². The minimum atomic E-state index is -0.510. The lowest BCUT2D eigenvalue weighted by Gasteiger charge is -2.12. The quantitative estimate of drug-likeness (QED) is 0.622. The van der Waals surface area contributed by atoms with Crippen LogP contribution in [0, 0.1) is 15.9 Å². The first-order valence-corrected chi connectivity index (χ1v) is 5.58. The molecular weight excluding hydrogens is 225 g/mol. The van der Waals surface area contributed by atoms with Crippen LogP contribution in [0.5, 0.6) is 0 Å². The van der Waals surface area contributed by atoms with Crippen LogP contribution in [0.25, 0.3) is 0 Å². The fourth-order valence-corrected chi connectivity index (χ4v) is 1.97. The second-order valence-electron chi connectivity index (χ2n) is 4.09. The smallest absolute Gasteiger partial charge is 0.292 e. The lowest BCUT2D eigenvalue weighted by Crippen LogP contribution is -2.29. The lowest BCUT2D eigenvalue weighted by atomic mass is 10.2. The predicted octanol–water partition coefficient (Wildman–Crippen LogP) is 1.90. The summed E-state index contributed by atoms with van der Waals surface area (Å²) in [7, 11) is 0. The molecule has 1 saturated heterocycles. The van der Waals surface area contributed by atoms with E-state index in [1.807, 2.05) is 0 Å². The zero-order chi connectivity index (χ0) is 12.3. The minimum Gasteiger partial charge on any atom is -0.378 e. The highest BCUT2D eigenvalue weighted by Gasteiger charge is 2.17. The van der Waals surface area contributed by atoms with Gasteiger partial charge in [-0.05, 0) is 25.5 Å². The molecule has 0 spiro atoms. The molecule has 0 aliphatic carbocycles. The van der Waals surface area contributed by atoms with Crippen LogP contribution >= 0.6 is 0 Å². The summed E-state index contributed by atoms with van der Waals surface area (Å²) in [5.41, 5.74) is 0.146. The third kappa shape index (κ3) is 2.91. The molecule has 1 fully saturated rings. The Morgan fingerprint density at radius 3 is 3.06 bits per heavy atom. The van der Waals surface area contributed by atoms with Gasteiger partial charge in [0.25, 0.3) is 5.69 Å². The van der Waals surface area contributed by atoms with Gasteiger partial charge in [-0.2, -0.15) is 0 Å². The largest absolute Gasteiger partial charge is 0.378 e. The SMILES string of the molecule is O=[N+]([O-])c1ccc(F)cc1NCC1CCCN1. The van der Waals surface area contributed by atoms with Crippen LogP contribution in [0.15, 0.2) is 18.2 Å². The topological polar surface area (TPSA) is 67.2 Å². The van der Waals surface area contributed by atoms with Gasteiger partial charge in [0.2, 0.25) is 0 Å². The van der Waals surface area contributed by atoms with Gasteiger partial charge in [-0.25, -0.2) is 4.39 Å². The Hall–Kier alpha value is -1.69. The van der Waals surface area contributed by atoms with Gasteiger partial charge in [0.05, 0.1) is 4.92 Å². The van der Waals surface area contributed by atoms with Crippen molar-refractivity contribution in [2.75, 3.05) is 18.4 Å². The monoisotopic (exact) mass is 239 g/mol. The summed E-state index contributed by atoms with van der Waals surface area (Å²) in [6.45, 7) is 1.54. The summed E-state index contributed by atoms with van der Waals surface area (Å²) in [6.07, 6.45) is 2.15. The van der Waals surface area contributed by atoms with Gasteiger partial charge in [0, 0.05) is 24.7 Å². The van der Waals surface area contributed by atoms with E-state index >= 15 is 0 Å². The maximum atomic E-state index is 13.0. The highest BCUT2D eigenvalue weighted by Crippen LogP contribution is 2.25. The number of anilines is 1. The molecule has 1 aromatic rings. The molecule has 1 heterocycles. The van der Waals surface area contributed by atoms with Crippen LogP contribution in [0.3, 0.4) is 0 Å². The Kier molecular flexibility index (Phi) is 3.53. The molecule has 1 aliphatic rings. The van der Waals surface area contributed by atoms with E-state index in [9.17, 15) is 14.5 Å². The summed E-state index contributed by atoms with van der Waals surface area (Å²) in [4.78, 5) is 10.2. The second-order valence-corrected chi connectivity index (χ2v) is 4.09. The van der Waals surface area contributed by atoms with Gasteiger partial charge in [-0.15, -0.1) is 0 Å². The third-order valence-electron chi connectivity index (χ3n) is 2.86. The highest BCUT2D eigenvalue weighted by atomic mass is 19.1. The van der Waals surface area contributed by atoms with Crippen molar-refractivity contribution in [2.24, 2.45) is 0 Å². The number of hydrogen-bond acceptors (Lipinski definition) is 4. The van der Waals surface area contributed by atoms with E-state index in [-0.39, 0.29) is 11.4 Å². The van der Waals surface area contributed by atoms with E-state index in [1.54, 1.807) is 0 Å². The molecule has 0 aromatic heterocycles. The average molecular weight is 239 g/mol. The molecule has 0 bridgehead atoms. The van der Waals surface area contributed by atoms with Gasteiger partial charge in [0.1, 0.15) is 11.5 Å². The molecule has 1 atom stereocenters. The highest BCUT2D eigenvalue weighted by molar-refractivity contribution is 5.61.